The number of hydrogen-bond acceptors (Lipinski definition) is 5. The van der Waals surface area contributed by atoms with E-state index in [0.29, 0.717) is 57.5 Å². The zero-order chi connectivity index (χ0) is 19.9. The van der Waals surface area contributed by atoms with Crippen LogP contribution in [0.4, 0.5) is 13.2 Å². The first kappa shape index (κ1) is 20.3. The lowest BCUT2D eigenvalue weighted by Gasteiger charge is -2.11. The third-order valence-electron chi connectivity index (χ3n) is 3.72. The highest BCUT2D eigenvalue weighted by molar-refractivity contribution is 7.99. The van der Waals surface area contributed by atoms with Gasteiger partial charge in [-0.05, 0) is 55.0 Å². The first-order chi connectivity index (χ1) is 13.6. The maximum atomic E-state index is 13.3. The highest BCUT2D eigenvalue weighted by Crippen LogP contribution is 2.31. The molecule has 0 N–H and O–H groups in total. The van der Waals surface area contributed by atoms with Crippen LogP contribution in [0.2, 0.25) is 0 Å². The molecule has 0 fully saturated rings. The normalized spacial score (nSPS) is 11.0. The van der Waals surface area contributed by atoms with E-state index in [1.807, 2.05) is 0 Å². The second kappa shape index (κ2) is 9.66. The minimum absolute atomic E-state index is 0.353. The second-order valence-corrected chi connectivity index (χ2v) is 7.76. The number of aromatic nitrogens is 3. The summed E-state index contributed by atoms with van der Waals surface area (Å²) in [6.07, 6.45) is 1.16. The van der Waals surface area contributed by atoms with E-state index in [-0.39, 0.29) is 5.82 Å². The van der Waals surface area contributed by atoms with Crippen molar-refractivity contribution in [3.8, 4) is 23.1 Å². The van der Waals surface area contributed by atoms with Crippen LogP contribution in [0.1, 0.15) is 12.8 Å². The molecule has 4 nitrogen and oxygen atoms in total. The molecule has 1 heterocycles. The van der Waals surface area contributed by atoms with Gasteiger partial charge in [-0.1, -0.05) is 23.5 Å². The van der Waals surface area contributed by atoms with Crippen molar-refractivity contribution in [3.63, 3.8) is 0 Å². The Labute approximate surface area is 168 Å². The molecule has 0 aliphatic rings. The molecule has 0 saturated carbocycles. The van der Waals surface area contributed by atoms with Crippen molar-refractivity contribution in [1.29, 1.82) is 5.26 Å². The van der Waals surface area contributed by atoms with Gasteiger partial charge in [0.15, 0.2) is 11.0 Å². The lowest BCUT2D eigenvalue weighted by Crippen LogP contribution is -2.00. The summed E-state index contributed by atoms with van der Waals surface area (Å²) in [4.78, 5) is 0.457. The number of rotatable bonds is 8. The Hall–Kier alpha value is -2.44. The first-order valence-corrected chi connectivity index (χ1v) is 10.2. The number of nitriles is 1. The minimum Gasteiger partial charge on any atom is -0.270 e. The van der Waals surface area contributed by atoms with Crippen molar-refractivity contribution in [2.24, 2.45) is 0 Å². The summed E-state index contributed by atoms with van der Waals surface area (Å²) in [7, 11) is 0. The van der Waals surface area contributed by atoms with Crippen LogP contribution in [0.3, 0.4) is 0 Å². The van der Waals surface area contributed by atoms with E-state index in [1.54, 1.807) is 41.0 Å². The van der Waals surface area contributed by atoms with E-state index in [4.69, 9.17) is 5.26 Å². The SMILES string of the molecule is N#CCCCSc1nnc(-c2ccc(F)cc2)n1-c1ccc(SC(F)F)cc1. The van der Waals surface area contributed by atoms with Gasteiger partial charge in [0.05, 0.1) is 6.07 Å². The largest absolute Gasteiger partial charge is 0.288 e. The van der Waals surface area contributed by atoms with Gasteiger partial charge in [-0.15, -0.1) is 10.2 Å². The van der Waals surface area contributed by atoms with Crippen molar-refractivity contribution in [2.75, 3.05) is 5.75 Å². The third-order valence-corrected chi connectivity index (χ3v) is 5.46. The fraction of sp³-hybridized carbons (Fsp3) is 0.211. The van der Waals surface area contributed by atoms with Crippen LogP contribution in [-0.2, 0) is 0 Å². The summed E-state index contributed by atoms with van der Waals surface area (Å²) < 4.78 is 40.2. The molecule has 0 saturated heterocycles. The van der Waals surface area contributed by atoms with Crippen LogP contribution in [0.25, 0.3) is 17.1 Å². The molecular formula is C19H15F3N4S2. The molecule has 144 valence electrons. The molecule has 0 spiro atoms. The summed E-state index contributed by atoms with van der Waals surface area (Å²) >= 11 is 1.93. The Bertz CT molecular complexity index is 951. The van der Waals surface area contributed by atoms with Gasteiger partial charge < -0.3 is 0 Å². The molecule has 1 aromatic heterocycles. The van der Waals surface area contributed by atoms with Gasteiger partial charge in [-0.3, -0.25) is 4.57 Å². The van der Waals surface area contributed by atoms with E-state index < -0.39 is 5.76 Å². The highest BCUT2D eigenvalue weighted by atomic mass is 32.2. The predicted molar refractivity (Wildman–Crippen MR) is 104 cm³/mol. The minimum atomic E-state index is -2.48. The molecule has 0 amide bonds. The fourth-order valence-corrected chi connectivity index (χ4v) is 3.86. The van der Waals surface area contributed by atoms with Gasteiger partial charge in [-0.2, -0.15) is 14.0 Å². The Morgan fingerprint density at radius 2 is 1.75 bits per heavy atom. The number of benzene rings is 2. The predicted octanol–water partition coefficient (Wildman–Crippen LogP) is 5.78. The van der Waals surface area contributed by atoms with Crippen LogP contribution in [0.5, 0.6) is 0 Å². The quantitative estimate of drug-likeness (QED) is 0.341. The molecule has 0 aliphatic heterocycles. The topological polar surface area (TPSA) is 54.5 Å². The van der Waals surface area contributed by atoms with Crippen molar-refractivity contribution >= 4 is 23.5 Å². The summed E-state index contributed by atoms with van der Waals surface area (Å²) in [5.41, 5.74) is 1.40. The molecule has 0 aliphatic carbocycles. The van der Waals surface area contributed by atoms with Crippen molar-refractivity contribution in [2.45, 2.75) is 28.7 Å². The average Bonchev–Trinajstić information content (AvgIpc) is 3.10. The van der Waals surface area contributed by atoms with Gasteiger partial charge in [0.1, 0.15) is 5.82 Å². The zero-order valence-electron chi connectivity index (χ0n) is 14.6. The summed E-state index contributed by atoms with van der Waals surface area (Å²) in [5, 5.41) is 17.8. The number of alkyl halides is 2. The molecule has 3 aromatic rings. The number of hydrogen-bond donors (Lipinski definition) is 0. The Morgan fingerprint density at radius 3 is 2.39 bits per heavy atom. The van der Waals surface area contributed by atoms with Gasteiger partial charge in [0.2, 0.25) is 0 Å². The Morgan fingerprint density at radius 1 is 1.04 bits per heavy atom. The highest BCUT2D eigenvalue weighted by Gasteiger charge is 2.16. The second-order valence-electron chi connectivity index (χ2n) is 5.63. The smallest absolute Gasteiger partial charge is 0.270 e. The number of unbranched alkanes of at least 4 members (excludes halogenated alkanes) is 1. The van der Waals surface area contributed by atoms with Crippen LogP contribution in [-0.4, -0.2) is 26.3 Å². The van der Waals surface area contributed by atoms with Crippen molar-refractivity contribution in [3.05, 3.63) is 54.3 Å². The number of halogens is 3. The van der Waals surface area contributed by atoms with Crippen LogP contribution >= 0.6 is 23.5 Å². The molecule has 9 heteroatoms. The summed E-state index contributed by atoms with van der Waals surface area (Å²) in [6, 6.07) is 14.7. The van der Waals surface area contributed by atoms with Crippen LogP contribution in [0.15, 0.2) is 58.6 Å². The maximum Gasteiger partial charge on any atom is 0.288 e. The van der Waals surface area contributed by atoms with Gasteiger partial charge in [0, 0.05) is 28.3 Å². The Balaban J connectivity index is 1.96. The lowest BCUT2D eigenvalue weighted by molar-refractivity contribution is 0.252. The number of nitrogens with zero attached hydrogens (tertiary/aromatic N) is 4. The monoisotopic (exact) mass is 420 g/mol. The van der Waals surface area contributed by atoms with E-state index in [0.717, 1.165) is 0 Å². The lowest BCUT2D eigenvalue weighted by atomic mass is 10.2. The van der Waals surface area contributed by atoms with Crippen LogP contribution < -0.4 is 0 Å². The molecule has 0 unspecified atom stereocenters. The molecular weight excluding hydrogens is 405 g/mol. The summed E-state index contributed by atoms with van der Waals surface area (Å²) in [5.74, 6) is -1.62. The molecule has 0 atom stereocenters. The Kier molecular flexibility index (Phi) is 7.01. The van der Waals surface area contributed by atoms with E-state index in [2.05, 4.69) is 16.3 Å². The molecule has 0 bridgehead atoms. The van der Waals surface area contributed by atoms with Gasteiger partial charge >= 0.3 is 0 Å². The van der Waals surface area contributed by atoms with Crippen molar-refractivity contribution < 1.29 is 13.2 Å². The van der Waals surface area contributed by atoms with Crippen LogP contribution in [0, 0.1) is 17.1 Å². The van der Waals surface area contributed by atoms with Gasteiger partial charge in [0.25, 0.3) is 5.76 Å². The number of thioether (sulfide) groups is 2. The van der Waals surface area contributed by atoms with Gasteiger partial charge in [-0.25, -0.2) is 4.39 Å². The standard InChI is InChI=1S/C19H15F3N4S2/c20-14-5-3-13(4-6-14)17-24-25-19(27-12-2-1-11-23)26(17)15-7-9-16(10-8-15)28-18(21)22/h3-10,18H,1-2,12H2. The molecule has 28 heavy (non-hydrogen) atoms. The van der Waals surface area contributed by atoms with E-state index in [9.17, 15) is 13.2 Å². The molecule has 3 rings (SSSR count). The van der Waals surface area contributed by atoms with Crippen molar-refractivity contribution in [1.82, 2.24) is 14.8 Å². The molecule has 2 aromatic carbocycles. The van der Waals surface area contributed by atoms with E-state index >= 15 is 0 Å². The summed E-state index contributed by atoms with van der Waals surface area (Å²) in [6.45, 7) is 0. The zero-order valence-corrected chi connectivity index (χ0v) is 16.2. The fourth-order valence-electron chi connectivity index (χ4n) is 2.47. The third kappa shape index (κ3) is 5.09. The first-order valence-electron chi connectivity index (χ1n) is 8.35. The molecule has 0 radical (unpaired) electrons. The average molecular weight is 420 g/mol. The van der Waals surface area contributed by atoms with E-state index in [1.165, 1.54) is 23.9 Å². The maximum absolute atomic E-state index is 13.3.